The first-order valence-corrected chi connectivity index (χ1v) is 17.5. The van der Waals surface area contributed by atoms with Gasteiger partial charge in [-0.05, 0) is 90.6 Å². The average Bonchev–Trinajstić information content (AvgIpc) is 3.24. The fourth-order valence-corrected chi connectivity index (χ4v) is 12.3. The number of aliphatic hydroxyl groups is 1. The van der Waals surface area contributed by atoms with E-state index in [1.165, 1.54) is 5.57 Å². The quantitative estimate of drug-likeness (QED) is 0.265. The number of imide groups is 1. The van der Waals surface area contributed by atoms with Crippen molar-refractivity contribution >= 4 is 17.8 Å². The molecule has 3 saturated carbocycles. The molecule has 0 spiro atoms. The maximum atomic E-state index is 13.4. The number of nitrogens with zero attached hydrogens (tertiary/aromatic N) is 1. The van der Waals surface area contributed by atoms with Crippen LogP contribution in [0.3, 0.4) is 0 Å². The molecule has 2 bridgehead atoms. The predicted octanol–water partition coefficient (Wildman–Crippen LogP) is 6.11. The third-order valence-electron chi connectivity index (χ3n) is 15.2. The van der Waals surface area contributed by atoms with Gasteiger partial charge in [0.05, 0.1) is 42.4 Å². The van der Waals surface area contributed by atoms with Gasteiger partial charge >= 0.3 is 5.97 Å². The standard InChI is InChI=1S/C38H52N2O6/c1-21(2)22(3)34(4)16-17-36(6)25-12-13-28-35(5)19-46-20-38(28,26(25)14-15-37(36,7)29(34)33(44)45)18-27(30(35)41)39-40-31(42)23-10-8-9-11-24(23)32(40)43/h8-11,14,21-22,25,27-30,39,41H,12-13,15-20H2,1-7H3,(H,44,45)/t22-,25+,27-,28+,29-,30+,34-,35+,36-,37+,38+/m1/s1. The summed E-state index contributed by atoms with van der Waals surface area (Å²) in [6.45, 7) is 16.6. The molecule has 1 saturated heterocycles. The molecule has 3 N–H and O–H groups in total. The third kappa shape index (κ3) is 3.87. The van der Waals surface area contributed by atoms with Gasteiger partial charge in [0.25, 0.3) is 11.8 Å². The van der Waals surface area contributed by atoms with E-state index in [0.29, 0.717) is 43.1 Å². The van der Waals surface area contributed by atoms with E-state index in [2.05, 4.69) is 60.0 Å². The molecular formula is C38H52N2O6. The largest absolute Gasteiger partial charge is 0.481 e. The summed E-state index contributed by atoms with van der Waals surface area (Å²) >= 11 is 0. The van der Waals surface area contributed by atoms with Crippen molar-refractivity contribution in [2.45, 2.75) is 99.1 Å². The second-order valence-corrected chi connectivity index (χ2v) is 17.2. The lowest BCUT2D eigenvalue weighted by Gasteiger charge is -2.71. The maximum absolute atomic E-state index is 13.4. The first-order chi connectivity index (χ1) is 21.6. The highest BCUT2D eigenvalue weighted by Gasteiger charge is 2.71. The monoisotopic (exact) mass is 632 g/mol. The Hall–Kier alpha value is -2.55. The number of rotatable bonds is 5. The van der Waals surface area contributed by atoms with Gasteiger partial charge in [-0.3, -0.25) is 14.4 Å². The molecule has 11 atom stereocenters. The number of amides is 2. The summed E-state index contributed by atoms with van der Waals surface area (Å²) in [4.78, 5) is 40.1. The molecule has 2 amide bonds. The molecule has 46 heavy (non-hydrogen) atoms. The van der Waals surface area contributed by atoms with Crippen molar-refractivity contribution in [2.75, 3.05) is 13.2 Å². The summed E-state index contributed by atoms with van der Waals surface area (Å²) in [5.41, 5.74) is 3.47. The Kier molecular flexibility index (Phi) is 7.12. The Bertz CT molecular complexity index is 1490. The number of nitrogens with one attached hydrogen (secondary N) is 1. The maximum Gasteiger partial charge on any atom is 0.307 e. The van der Waals surface area contributed by atoms with Crippen LogP contribution in [0.1, 0.15) is 108 Å². The molecule has 2 heterocycles. The van der Waals surface area contributed by atoms with Gasteiger partial charge in [0.2, 0.25) is 0 Å². The Morgan fingerprint density at radius 3 is 2.24 bits per heavy atom. The highest BCUT2D eigenvalue weighted by molar-refractivity contribution is 6.21. The van der Waals surface area contributed by atoms with E-state index < -0.39 is 34.9 Å². The number of ether oxygens (including phenoxy) is 1. The molecule has 4 fully saturated rings. The van der Waals surface area contributed by atoms with Crippen molar-refractivity contribution in [1.29, 1.82) is 0 Å². The Labute approximate surface area is 273 Å². The number of fused-ring (bicyclic) bond motifs is 4. The molecule has 0 aromatic heterocycles. The number of hydrazine groups is 1. The van der Waals surface area contributed by atoms with Crippen LogP contribution < -0.4 is 5.43 Å². The van der Waals surface area contributed by atoms with Crippen LogP contribution in [0.15, 0.2) is 35.9 Å². The molecule has 0 radical (unpaired) electrons. The minimum absolute atomic E-state index is 0.185. The second kappa shape index (κ2) is 10.2. The molecule has 250 valence electrons. The molecule has 8 heteroatoms. The van der Waals surface area contributed by atoms with Crippen LogP contribution in [-0.2, 0) is 9.53 Å². The fraction of sp³-hybridized carbons (Fsp3) is 0.711. The van der Waals surface area contributed by atoms with E-state index in [4.69, 9.17) is 4.74 Å². The second-order valence-electron chi connectivity index (χ2n) is 17.2. The normalized spacial score (nSPS) is 45.4. The summed E-state index contributed by atoms with van der Waals surface area (Å²) < 4.78 is 6.40. The zero-order chi connectivity index (χ0) is 33.2. The minimum Gasteiger partial charge on any atom is -0.481 e. The topological polar surface area (TPSA) is 116 Å². The first-order valence-electron chi connectivity index (χ1n) is 17.5. The lowest BCUT2D eigenvalue weighted by molar-refractivity contribution is -0.237. The average molecular weight is 633 g/mol. The molecular weight excluding hydrogens is 580 g/mol. The van der Waals surface area contributed by atoms with Gasteiger partial charge in [0.15, 0.2) is 0 Å². The smallest absolute Gasteiger partial charge is 0.307 e. The molecule has 1 aromatic rings. The summed E-state index contributed by atoms with van der Waals surface area (Å²) in [5, 5.41) is 24.0. The van der Waals surface area contributed by atoms with Crippen molar-refractivity contribution in [3.63, 3.8) is 0 Å². The van der Waals surface area contributed by atoms with Gasteiger partial charge < -0.3 is 14.9 Å². The van der Waals surface area contributed by atoms with Crippen LogP contribution in [0.5, 0.6) is 0 Å². The van der Waals surface area contributed by atoms with Crippen molar-refractivity contribution in [2.24, 2.45) is 56.7 Å². The van der Waals surface area contributed by atoms with Crippen LogP contribution in [0.2, 0.25) is 0 Å². The molecule has 4 aliphatic carbocycles. The van der Waals surface area contributed by atoms with Gasteiger partial charge in [0, 0.05) is 10.8 Å². The molecule has 0 unspecified atom stereocenters. The van der Waals surface area contributed by atoms with Gasteiger partial charge in [-0.25, -0.2) is 10.4 Å². The van der Waals surface area contributed by atoms with E-state index in [0.717, 1.165) is 30.7 Å². The highest BCUT2D eigenvalue weighted by atomic mass is 16.5. The molecule has 6 aliphatic rings. The molecule has 2 aliphatic heterocycles. The van der Waals surface area contributed by atoms with Crippen LogP contribution in [0.25, 0.3) is 0 Å². The number of hydrogen-bond donors (Lipinski definition) is 3. The summed E-state index contributed by atoms with van der Waals surface area (Å²) in [6.07, 6.45) is 6.55. The van der Waals surface area contributed by atoms with Gasteiger partial charge in [-0.15, -0.1) is 0 Å². The number of allylic oxidation sites excluding steroid dienone is 1. The minimum atomic E-state index is -0.818. The van der Waals surface area contributed by atoms with E-state index in [1.54, 1.807) is 24.3 Å². The van der Waals surface area contributed by atoms with E-state index >= 15 is 0 Å². The lowest BCUT2D eigenvalue weighted by atomic mass is 9.34. The summed E-state index contributed by atoms with van der Waals surface area (Å²) in [6, 6.07) is 6.33. The van der Waals surface area contributed by atoms with E-state index in [-0.39, 0.29) is 45.8 Å². The van der Waals surface area contributed by atoms with Gasteiger partial charge in [0.1, 0.15) is 0 Å². The van der Waals surface area contributed by atoms with Crippen LogP contribution in [-0.4, -0.2) is 58.4 Å². The Balaban J connectivity index is 1.28. The van der Waals surface area contributed by atoms with E-state index in [9.17, 15) is 24.6 Å². The third-order valence-corrected chi connectivity index (χ3v) is 15.2. The van der Waals surface area contributed by atoms with Crippen molar-refractivity contribution in [3.8, 4) is 0 Å². The summed E-state index contributed by atoms with van der Waals surface area (Å²) in [7, 11) is 0. The van der Waals surface area contributed by atoms with Crippen molar-refractivity contribution < 1.29 is 29.3 Å². The van der Waals surface area contributed by atoms with Crippen LogP contribution in [0, 0.1) is 56.7 Å². The SMILES string of the molecule is CC(C)[C@@H](C)[C@@]1(C)CC[C@]2(C)[C@H]3CC[C@@H]4[C@@]5(COC[C@]4(C)[C@@H](O)[C@H](NN4C(=O)c6ccccc6C4=O)C5)C3=CC[C@@]2(C)[C@@H]1C(=O)O. The summed E-state index contributed by atoms with van der Waals surface area (Å²) in [5.74, 6) is -0.867. The number of carbonyl (C=O) groups excluding carboxylic acids is 2. The number of aliphatic hydroxyl groups excluding tert-OH is 1. The van der Waals surface area contributed by atoms with Crippen LogP contribution in [0.4, 0.5) is 0 Å². The number of carboxylic acids is 1. The molecule has 8 nitrogen and oxygen atoms in total. The van der Waals surface area contributed by atoms with Crippen molar-refractivity contribution in [1.82, 2.24) is 10.4 Å². The zero-order valence-corrected chi connectivity index (χ0v) is 28.6. The van der Waals surface area contributed by atoms with E-state index in [1.807, 2.05) is 0 Å². The van der Waals surface area contributed by atoms with Gasteiger partial charge in [-0.1, -0.05) is 72.2 Å². The van der Waals surface area contributed by atoms with Crippen molar-refractivity contribution in [3.05, 3.63) is 47.0 Å². The number of benzene rings is 1. The predicted molar refractivity (Wildman–Crippen MR) is 173 cm³/mol. The fourth-order valence-electron chi connectivity index (χ4n) is 12.3. The Morgan fingerprint density at radius 2 is 1.63 bits per heavy atom. The zero-order valence-electron chi connectivity index (χ0n) is 28.6. The lowest BCUT2D eigenvalue weighted by Crippen LogP contribution is -2.72. The number of hydrogen-bond acceptors (Lipinski definition) is 6. The number of aliphatic carboxylic acids is 1. The molecule has 1 aromatic carbocycles. The number of carbonyl (C=O) groups is 3. The first kappa shape index (κ1) is 32.0. The highest BCUT2D eigenvalue weighted by Crippen LogP contribution is 2.74. The molecule has 7 rings (SSSR count). The number of carboxylic acid groups (broad SMARTS) is 1. The van der Waals surface area contributed by atoms with Crippen LogP contribution >= 0.6 is 0 Å². The van der Waals surface area contributed by atoms with Gasteiger partial charge in [-0.2, -0.15) is 0 Å². The Morgan fingerprint density at radius 1 is 0.978 bits per heavy atom.